The van der Waals surface area contributed by atoms with E-state index in [0.29, 0.717) is 13.2 Å². The second kappa shape index (κ2) is 5.07. The molecule has 1 fully saturated rings. The van der Waals surface area contributed by atoms with Crippen LogP contribution in [0.2, 0.25) is 0 Å². The molecule has 2 rings (SSSR count). The van der Waals surface area contributed by atoms with Gasteiger partial charge in [0.05, 0.1) is 12.7 Å². The molecule has 1 aromatic carbocycles. The first-order chi connectivity index (χ1) is 8.22. The van der Waals surface area contributed by atoms with Crippen LogP contribution in [0.15, 0.2) is 24.3 Å². The van der Waals surface area contributed by atoms with E-state index < -0.39 is 6.10 Å². The van der Waals surface area contributed by atoms with E-state index in [1.54, 1.807) is 0 Å². The number of aliphatic hydroxyl groups excluding tert-OH is 1. The van der Waals surface area contributed by atoms with Gasteiger partial charge in [-0.3, -0.25) is 0 Å². The van der Waals surface area contributed by atoms with Gasteiger partial charge in [0.1, 0.15) is 5.75 Å². The molecule has 0 amide bonds. The third-order valence-corrected chi connectivity index (χ3v) is 3.84. The van der Waals surface area contributed by atoms with Crippen molar-refractivity contribution in [1.29, 1.82) is 0 Å². The third kappa shape index (κ3) is 2.31. The summed E-state index contributed by atoms with van der Waals surface area (Å²) in [5.41, 5.74) is 6.65. The lowest BCUT2D eigenvalue weighted by atomic mass is 9.63. The molecule has 1 atom stereocenters. The van der Waals surface area contributed by atoms with Gasteiger partial charge < -0.3 is 15.6 Å². The molecule has 1 aromatic rings. The van der Waals surface area contributed by atoms with Crippen molar-refractivity contribution in [3.8, 4) is 5.75 Å². The summed E-state index contributed by atoms with van der Waals surface area (Å²) in [7, 11) is 0. The van der Waals surface area contributed by atoms with Gasteiger partial charge in [-0.25, -0.2) is 0 Å². The first-order valence-corrected chi connectivity index (χ1v) is 6.33. The summed E-state index contributed by atoms with van der Waals surface area (Å²) >= 11 is 0. The van der Waals surface area contributed by atoms with Crippen molar-refractivity contribution in [2.24, 2.45) is 11.1 Å². The third-order valence-electron chi connectivity index (χ3n) is 3.84. The molecular weight excluding hydrogens is 214 g/mol. The van der Waals surface area contributed by atoms with Crippen LogP contribution in [0.1, 0.15) is 37.9 Å². The van der Waals surface area contributed by atoms with Gasteiger partial charge in [-0.2, -0.15) is 0 Å². The predicted octanol–water partition coefficient (Wildman–Crippen LogP) is 2.25. The summed E-state index contributed by atoms with van der Waals surface area (Å²) in [4.78, 5) is 0. The fourth-order valence-electron chi connectivity index (χ4n) is 2.49. The quantitative estimate of drug-likeness (QED) is 0.823. The molecule has 0 bridgehead atoms. The Morgan fingerprint density at radius 3 is 2.41 bits per heavy atom. The van der Waals surface area contributed by atoms with Gasteiger partial charge >= 0.3 is 0 Å². The predicted molar refractivity (Wildman–Crippen MR) is 67.9 cm³/mol. The topological polar surface area (TPSA) is 55.5 Å². The van der Waals surface area contributed by atoms with Gasteiger partial charge in [-0.15, -0.1) is 0 Å². The maximum Gasteiger partial charge on any atom is 0.119 e. The maximum absolute atomic E-state index is 10.4. The fourth-order valence-corrected chi connectivity index (χ4v) is 2.49. The molecule has 0 aromatic heterocycles. The molecule has 1 aliphatic carbocycles. The lowest BCUT2D eigenvalue weighted by Crippen LogP contribution is -2.42. The number of ether oxygens (including phenoxy) is 1. The van der Waals surface area contributed by atoms with Gasteiger partial charge in [0.25, 0.3) is 0 Å². The van der Waals surface area contributed by atoms with Crippen molar-refractivity contribution in [3.05, 3.63) is 29.8 Å². The van der Waals surface area contributed by atoms with Crippen LogP contribution in [-0.2, 0) is 0 Å². The Morgan fingerprint density at radius 1 is 1.35 bits per heavy atom. The Balaban J connectivity index is 2.11. The molecule has 1 aliphatic rings. The molecule has 3 N–H and O–H groups in total. The van der Waals surface area contributed by atoms with Crippen molar-refractivity contribution >= 4 is 0 Å². The van der Waals surface area contributed by atoms with E-state index >= 15 is 0 Å². The van der Waals surface area contributed by atoms with Crippen LogP contribution in [0.3, 0.4) is 0 Å². The van der Waals surface area contributed by atoms with E-state index in [2.05, 4.69) is 0 Å². The number of hydrogen-bond donors (Lipinski definition) is 2. The molecule has 17 heavy (non-hydrogen) atoms. The molecule has 3 nitrogen and oxygen atoms in total. The molecule has 0 saturated heterocycles. The SMILES string of the molecule is CCOc1ccc(C(O)C2(CN)CCC2)cc1. The molecule has 94 valence electrons. The summed E-state index contributed by atoms with van der Waals surface area (Å²) in [5.74, 6) is 0.846. The Labute approximate surface area is 103 Å². The zero-order valence-electron chi connectivity index (χ0n) is 10.4. The van der Waals surface area contributed by atoms with E-state index in [4.69, 9.17) is 10.5 Å². The van der Waals surface area contributed by atoms with Crippen molar-refractivity contribution in [3.63, 3.8) is 0 Å². The van der Waals surface area contributed by atoms with Crippen LogP contribution in [0, 0.1) is 5.41 Å². The zero-order valence-corrected chi connectivity index (χ0v) is 10.4. The largest absolute Gasteiger partial charge is 0.494 e. The lowest BCUT2D eigenvalue weighted by Gasteiger charge is -2.44. The van der Waals surface area contributed by atoms with Gasteiger partial charge in [0, 0.05) is 12.0 Å². The molecule has 1 saturated carbocycles. The summed E-state index contributed by atoms with van der Waals surface area (Å²) in [6.45, 7) is 3.18. The summed E-state index contributed by atoms with van der Waals surface area (Å²) in [6, 6.07) is 7.69. The average Bonchev–Trinajstić information content (AvgIpc) is 2.29. The highest BCUT2D eigenvalue weighted by Crippen LogP contribution is 2.49. The average molecular weight is 235 g/mol. The van der Waals surface area contributed by atoms with Gasteiger partial charge in [-0.05, 0) is 37.5 Å². The Bertz CT molecular complexity index is 351. The van der Waals surface area contributed by atoms with Crippen LogP contribution in [-0.4, -0.2) is 18.3 Å². The number of benzene rings is 1. The van der Waals surface area contributed by atoms with Crippen molar-refractivity contribution < 1.29 is 9.84 Å². The van der Waals surface area contributed by atoms with Gasteiger partial charge in [0.15, 0.2) is 0 Å². The molecule has 1 unspecified atom stereocenters. The first-order valence-electron chi connectivity index (χ1n) is 6.33. The van der Waals surface area contributed by atoms with Crippen molar-refractivity contribution in [2.75, 3.05) is 13.2 Å². The monoisotopic (exact) mass is 235 g/mol. The second-order valence-corrected chi connectivity index (χ2v) is 4.82. The van der Waals surface area contributed by atoms with Crippen LogP contribution in [0.4, 0.5) is 0 Å². The van der Waals surface area contributed by atoms with E-state index in [1.807, 2.05) is 31.2 Å². The normalized spacial score (nSPS) is 19.5. The first kappa shape index (κ1) is 12.4. The minimum absolute atomic E-state index is 0.0901. The Morgan fingerprint density at radius 2 is 2.00 bits per heavy atom. The highest BCUT2D eigenvalue weighted by atomic mass is 16.5. The molecule has 0 radical (unpaired) electrons. The van der Waals surface area contributed by atoms with Crippen molar-refractivity contribution in [1.82, 2.24) is 0 Å². The Hall–Kier alpha value is -1.06. The van der Waals surface area contributed by atoms with Crippen LogP contribution >= 0.6 is 0 Å². The Kier molecular flexibility index (Phi) is 3.69. The molecule has 0 spiro atoms. The van der Waals surface area contributed by atoms with Crippen LogP contribution < -0.4 is 10.5 Å². The number of hydrogen-bond acceptors (Lipinski definition) is 3. The van der Waals surface area contributed by atoms with Gasteiger partial charge in [0.2, 0.25) is 0 Å². The number of nitrogens with two attached hydrogens (primary N) is 1. The van der Waals surface area contributed by atoms with E-state index in [9.17, 15) is 5.11 Å². The minimum Gasteiger partial charge on any atom is -0.494 e. The summed E-state index contributed by atoms with van der Waals surface area (Å²) in [5, 5.41) is 10.4. The molecular formula is C14H21NO2. The highest BCUT2D eigenvalue weighted by Gasteiger charge is 2.42. The lowest BCUT2D eigenvalue weighted by molar-refractivity contribution is -0.0297. The molecule has 0 heterocycles. The van der Waals surface area contributed by atoms with E-state index in [-0.39, 0.29) is 5.41 Å². The maximum atomic E-state index is 10.4. The number of rotatable bonds is 5. The van der Waals surface area contributed by atoms with E-state index in [1.165, 1.54) is 6.42 Å². The van der Waals surface area contributed by atoms with Gasteiger partial charge in [-0.1, -0.05) is 18.6 Å². The highest BCUT2D eigenvalue weighted by molar-refractivity contribution is 5.30. The second-order valence-electron chi connectivity index (χ2n) is 4.82. The van der Waals surface area contributed by atoms with Crippen LogP contribution in [0.25, 0.3) is 0 Å². The summed E-state index contributed by atoms with van der Waals surface area (Å²) < 4.78 is 5.39. The molecule has 0 aliphatic heterocycles. The minimum atomic E-state index is -0.447. The fraction of sp³-hybridized carbons (Fsp3) is 0.571. The van der Waals surface area contributed by atoms with Crippen molar-refractivity contribution in [2.45, 2.75) is 32.3 Å². The smallest absolute Gasteiger partial charge is 0.119 e. The zero-order chi connectivity index (χ0) is 12.3. The van der Waals surface area contributed by atoms with E-state index in [0.717, 1.165) is 24.2 Å². The standard InChI is InChI=1S/C14H21NO2/c1-2-17-12-6-4-11(5-7-12)13(16)14(10-15)8-3-9-14/h4-7,13,16H,2-3,8-10,15H2,1H3. The molecule has 3 heteroatoms. The summed E-state index contributed by atoms with van der Waals surface area (Å²) in [6.07, 6.45) is 2.78. The number of aliphatic hydroxyl groups is 1. The van der Waals surface area contributed by atoms with Crippen LogP contribution in [0.5, 0.6) is 5.75 Å².